The van der Waals surface area contributed by atoms with Crippen molar-refractivity contribution >= 4 is 49.8 Å². The minimum Gasteiger partial charge on any atom is 0 e. The van der Waals surface area contributed by atoms with E-state index in [9.17, 15) is 0 Å². The Bertz CT molecular complexity index is 66.7. The van der Waals surface area contributed by atoms with Crippen LogP contribution < -0.4 is 0 Å². The molecule has 0 aliphatic heterocycles. The second-order valence-electron chi connectivity index (χ2n) is 0.513. The minimum atomic E-state index is -4.64. The molecule has 0 aromatic heterocycles. The summed E-state index contributed by atoms with van der Waals surface area (Å²) in [4.78, 5) is 21.6. The van der Waals surface area contributed by atoms with Crippen LogP contribution in [0.4, 0.5) is 0 Å². The molecule has 0 rings (SSSR count). The fourth-order valence-corrected chi connectivity index (χ4v) is 0. The average Bonchev–Trinajstić information content (AvgIpc) is 0.722. The smallest absolute Gasteiger partial charge is 0 e. The van der Waals surface area contributed by atoms with Crippen LogP contribution in [-0.2, 0) is 53.1 Å². The SMILES string of the molecule is Cl.O=P(O)(O)O.[Ag].[NaH].[Zr]. The quantitative estimate of drug-likeness (QED) is 0.378. The number of hydrogen-bond donors (Lipinski definition) is 3. The van der Waals surface area contributed by atoms with Crippen LogP contribution in [-0.4, -0.2) is 44.2 Å². The molecule has 1 radical (unpaired) electrons. The third-order valence-electron chi connectivity index (χ3n) is 0. The number of hydrogen-bond acceptors (Lipinski definition) is 1. The predicted molar refractivity (Wildman–Crippen MR) is 28.7 cm³/mol. The second-order valence-corrected chi connectivity index (χ2v) is 1.54. The van der Waals surface area contributed by atoms with Crippen molar-refractivity contribution in [2.75, 3.05) is 0 Å². The van der Waals surface area contributed by atoms with Crippen LogP contribution in [0.25, 0.3) is 0 Å². The molecule has 0 aliphatic carbocycles. The molecule has 0 aromatic carbocycles. The van der Waals surface area contributed by atoms with Gasteiger partial charge in [-0.2, -0.15) is 0 Å². The van der Waals surface area contributed by atoms with Crippen molar-refractivity contribution in [2.24, 2.45) is 0 Å². The zero-order chi connectivity index (χ0) is 4.50. The fraction of sp³-hybridized carbons (Fsp3) is 0. The molecular weight excluding hydrogens is 353 g/mol. The van der Waals surface area contributed by atoms with Gasteiger partial charge in [0.15, 0.2) is 0 Å². The average molecular weight is 358 g/mol. The summed E-state index contributed by atoms with van der Waals surface area (Å²) < 4.78 is 8.88. The molecule has 0 heterocycles. The summed E-state index contributed by atoms with van der Waals surface area (Å²) >= 11 is 0. The van der Waals surface area contributed by atoms with E-state index in [1.165, 1.54) is 0 Å². The first-order valence-electron chi connectivity index (χ1n) is 0.783. The first kappa shape index (κ1) is 29.6. The molecule has 0 saturated heterocycles. The topological polar surface area (TPSA) is 77.8 Å². The van der Waals surface area contributed by atoms with Gasteiger partial charge in [0.25, 0.3) is 0 Å². The standard InChI is InChI=1S/Ag.ClH.Na.H3O4P.Zr.H/c;;;1-5(2,3)4;;/h;1H;;(H3,1,2,3,4);;. The van der Waals surface area contributed by atoms with Crippen molar-refractivity contribution in [3.05, 3.63) is 0 Å². The molecule has 0 fully saturated rings. The molecule has 0 spiro atoms. The molecule has 0 unspecified atom stereocenters. The van der Waals surface area contributed by atoms with Gasteiger partial charge in [-0.25, -0.2) is 4.57 Å². The first-order valence-corrected chi connectivity index (χ1v) is 2.35. The van der Waals surface area contributed by atoms with Crippen molar-refractivity contribution in [1.82, 2.24) is 0 Å². The molecule has 0 bridgehead atoms. The Balaban J connectivity index is -0.0000000133. The Morgan fingerprint density at radius 2 is 1.11 bits per heavy atom. The van der Waals surface area contributed by atoms with Gasteiger partial charge in [0.05, 0.1) is 0 Å². The van der Waals surface area contributed by atoms with Crippen molar-refractivity contribution in [2.45, 2.75) is 0 Å². The van der Waals surface area contributed by atoms with E-state index in [4.69, 9.17) is 19.2 Å². The van der Waals surface area contributed by atoms with Crippen LogP contribution in [0.3, 0.4) is 0 Å². The number of halogens is 1. The molecule has 0 aromatic rings. The summed E-state index contributed by atoms with van der Waals surface area (Å²) in [6.07, 6.45) is 0. The van der Waals surface area contributed by atoms with Crippen molar-refractivity contribution in [3.63, 3.8) is 0 Å². The van der Waals surface area contributed by atoms with E-state index in [0.29, 0.717) is 0 Å². The third-order valence-corrected chi connectivity index (χ3v) is 0. The van der Waals surface area contributed by atoms with Gasteiger partial charge >= 0.3 is 37.4 Å². The molecule has 4 nitrogen and oxygen atoms in total. The van der Waals surface area contributed by atoms with Gasteiger partial charge in [0.2, 0.25) is 0 Å². The Morgan fingerprint density at radius 1 is 1.11 bits per heavy atom. The minimum absolute atomic E-state index is 0. The summed E-state index contributed by atoms with van der Waals surface area (Å²) in [5.74, 6) is 0. The van der Waals surface area contributed by atoms with E-state index in [-0.39, 0.29) is 90.5 Å². The molecule has 0 atom stereocenters. The van der Waals surface area contributed by atoms with Crippen molar-refractivity contribution in [3.8, 4) is 0 Å². The Morgan fingerprint density at radius 3 is 1.11 bits per heavy atom. The van der Waals surface area contributed by atoms with Gasteiger partial charge in [-0.3, -0.25) is 0 Å². The Labute approximate surface area is 116 Å². The zero-order valence-corrected chi connectivity index (χ0v) is 9.06. The molecule has 57 valence electrons. The van der Waals surface area contributed by atoms with Crippen LogP contribution in [0.1, 0.15) is 0 Å². The van der Waals surface area contributed by atoms with E-state index in [1.54, 1.807) is 0 Å². The maximum atomic E-state index is 8.88. The van der Waals surface area contributed by atoms with Crippen LogP contribution in [0.2, 0.25) is 0 Å². The maximum Gasteiger partial charge on any atom is 0 e. The van der Waals surface area contributed by atoms with Crippen LogP contribution in [0.15, 0.2) is 0 Å². The molecule has 3 N–H and O–H groups in total. The van der Waals surface area contributed by atoms with Crippen LogP contribution >= 0.6 is 20.2 Å². The second kappa shape index (κ2) is 13.6. The number of rotatable bonds is 0. The van der Waals surface area contributed by atoms with Crippen LogP contribution in [0.5, 0.6) is 0 Å². The van der Waals surface area contributed by atoms with Gasteiger partial charge in [0, 0.05) is 48.6 Å². The monoisotopic (exact) mass is 355 g/mol. The van der Waals surface area contributed by atoms with Gasteiger partial charge in [-0.15, -0.1) is 12.4 Å². The maximum absolute atomic E-state index is 8.88. The Kier molecular flexibility index (Phi) is 44.8. The predicted octanol–water partition coefficient (Wildman–Crippen LogP) is -1.16. The fourth-order valence-electron chi connectivity index (χ4n) is 0. The zero-order valence-electron chi connectivity index (χ0n) is 3.41. The van der Waals surface area contributed by atoms with Gasteiger partial charge in [0.1, 0.15) is 0 Å². The van der Waals surface area contributed by atoms with Crippen LogP contribution in [0, 0.1) is 0 Å². The molecule has 9 heteroatoms. The van der Waals surface area contributed by atoms with Crippen molar-refractivity contribution in [1.29, 1.82) is 0 Å². The summed E-state index contributed by atoms with van der Waals surface area (Å²) in [6, 6.07) is 0. The molecule has 0 aliphatic rings. The van der Waals surface area contributed by atoms with E-state index in [1.807, 2.05) is 0 Å². The molecular formula is H5AgClNaO4PZr. The summed E-state index contributed by atoms with van der Waals surface area (Å²) in [6.45, 7) is 0. The third kappa shape index (κ3) is 98.2. The van der Waals surface area contributed by atoms with E-state index in [0.717, 1.165) is 0 Å². The number of phosphoric acid groups is 1. The summed E-state index contributed by atoms with van der Waals surface area (Å²) in [5, 5.41) is 0. The summed E-state index contributed by atoms with van der Waals surface area (Å²) in [5.41, 5.74) is 0. The normalized spacial score (nSPS) is 6.56. The molecule has 0 amide bonds. The largest absolute Gasteiger partial charge is 0 e. The first-order chi connectivity index (χ1) is 2.00. The molecule has 0 saturated carbocycles. The van der Waals surface area contributed by atoms with Gasteiger partial charge in [-0.1, -0.05) is 0 Å². The van der Waals surface area contributed by atoms with Gasteiger partial charge in [-0.05, 0) is 0 Å². The summed E-state index contributed by atoms with van der Waals surface area (Å²) in [7, 11) is -4.64. The van der Waals surface area contributed by atoms with E-state index >= 15 is 0 Å². The van der Waals surface area contributed by atoms with E-state index < -0.39 is 7.82 Å². The van der Waals surface area contributed by atoms with Gasteiger partial charge < -0.3 is 14.7 Å². The molecule has 9 heavy (non-hydrogen) atoms. The van der Waals surface area contributed by atoms with Crippen molar-refractivity contribution < 1.29 is 67.8 Å². The Hall–Kier alpha value is 3.02. The van der Waals surface area contributed by atoms with E-state index in [2.05, 4.69) is 0 Å².